The molecule has 1 fully saturated rings. The maximum atomic E-state index is 14.1. The summed E-state index contributed by atoms with van der Waals surface area (Å²) in [7, 11) is 2.95. The third-order valence-corrected chi connectivity index (χ3v) is 15.1. The van der Waals surface area contributed by atoms with Crippen molar-refractivity contribution < 1.29 is 104 Å². The van der Waals surface area contributed by atoms with E-state index >= 15 is 0 Å². The maximum absolute atomic E-state index is 14.1. The Morgan fingerprint density at radius 2 is 0.913 bits per heavy atom. The highest BCUT2D eigenvalue weighted by atomic mass is 35.5. The summed E-state index contributed by atoms with van der Waals surface area (Å²) in [6, 6.07) is 11.8. The Balaban J connectivity index is 0.993. The topological polar surface area (TPSA) is 299 Å². The highest BCUT2D eigenvalue weighted by molar-refractivity contribution is 6.34. The highest BCUT2D eigenvalue weighted by Gasteiger charge is 2.34. The Morgan fingerprint density at radius 1 is 0.529 bits per heavy atom. The van der Waals surface area contributed by atoms with E-state index in [4.69, 9.17) is 73.2 Å². The van der Waals surface area contributed by atoms with Crippen molar-refractivity contribution in [2.75, 3.05) is 223 Å². The second-order valence-corrected chi connectivity index (χ2v) is 27.4. The second-order valence-electron chi connectivity index (χ2n) is 27.0. The molecule has 3 aromatic rings. The van der Waals surface area contributed by atoms with Gasteiger partial charge in [-0.2, -0.15) is 18.4 Å². The zero-order valence-corrected chi connectivity index (χ0v) is 63.1. The van der Waals surface area contributed by atoms with Crippen LogP contribution in [0.2, 0.25) is 5.02 Å². The number of halogens is 4. The predicted octanol–water partition coefficient (Wildman–Crippen LogP) is 6.35. The fourth-order valence-electron chi connectivity index (χ4n) is 9.97. The molecule has 104 heavy (non-hydrogen) atoms. The van der Waals surface area contributed by atoms with Crippen LogP contribution in [-0.2, 0) is 82.3 Å². The number of rotatable bonds is 44. The summed E-state index contributed by atoms with van der Waals surface area (Å²) in [5.41, 5.74) is -3.20. The van der Waals surface area contributed by atoms with Crippen LogP contribution in [0.1, 0.15) is 96.8 Å². The van der Waals surface area contributed by atoms with Crippen LogP contribution in [0.4, 0.5) is 18.9 Å². The number of carbonyl (C=O) groups excluding carboxylic acids is 6. The van der Waals surface area contributed by atoms with E-state index < -0.39 is 34.6 Å². The van der Waals surface area contributed by atoms with Crippen LogP contribution in [0, 0.1) is 11.3 Å². The van der Waals surface area contributed by atoms with Gasteiger partial charge in [0.05, 0.1) is 174 Å². The molecule has 3 amide bonds. The van der Waals surface area contributed by atoms with Crippen LogP contribution in [0.25, 0.3) is 11.1 Å². The quantitative estimate of drug-likeness (QED) is 0.0354. The number of esters is 3. The van der Waals surface area contributed by atoms with Gasteiger partial charge in [0.1, 0.15) is 34.0 Å². The summed E-state index contributed by atoms with van der Waals surface area (Å²) in [6.45, 7) is 26.1. The van der Waals surface area contributed by atoms with Gasteiger partial charge < -0.3 is 77.1 Å². The van der Waals surface area contributed by atoms with E-state index in [0.717, 1.165) is 6.20 Å². The van der Waals surface area contributed by atoms with E-state index in [-0.39, 0.29) is 135 Å². The summed E-state index contributed by atoms with van der Waals surface area (Å²) in [6.07, 6.45) is -3.60. The number of nitriles is 1. The van der Waals surface area contributed by atoms with Gasteiger partial charge in [0, 0.05) is 102 Å². The summed E-state index contributed by atoms with van der Waals surface area (Å²) < 4.78 is 113. The minimum atomic E-state index is -4.80. The fraction of sp³-hybridized carbons (Fsp3) is 0.667. The van der Waals surface area contributed by atoms with Gasteiger partial charge in [-0.1, -0.05) is 23.7 Å². The number of methoxy groups -OCH3 is 1. The van der Waals surface area contributed by atoms with Gasteiger partial charge >= 0.3 is 24.1 Å². The number of carbonyl (C=O) groups is 6. The second kappa shape index (κ2) is 47.6. The number of amides is 3. The van der Waals surface area contributed by atoms with Crippen molar-refractivity contribution in [1.82, 2.24) is 35.2 Å². The van der Waals surface area contributed by atoms with Crippen molar-refractivity contribution in [3.05, 3.63) is 70.5 Å². The standard InChI is InChI=1S/C72H109ClF3N9O19/c1-69(2,3)102-65(88)51-83-22-20-82(21-23-84(52-66(89)103-70(4,5)6)25-27-85(26-24-83)53-67(90)104-71(7,8)9)50-64(87)79-19-30-94-32-34-96-36-38-98-40-42-100-44-43-99-41-39-97-37-35-95-33-31-93-29-18-78-63(86)17-14-28-101-61-47-58(73)55(57-49-80-62(72(74,75)76)45-54(57)48-77)46-56(61)68(91)81(10)59-15-12-13-16-60(59)92-11/h12-13,15-16,45-47,49H,14,17-44,50-53H2,1-11H3,(H,78,86)(H,79,87). The number of alkyl halides is 3. The number of hydrogen-bond donors (Lipinski definition) is 2. The average Bonchev–Trinajstić information content (AvgIpc) is 0.777. The van der Waals surface area contributed by atoms with E-state index in [1.807, 2.05) is 81.9 Å². The molecule has 1 saturated heterocycles. The zero-order chi connectivity index (χ0) is 76.6. The molecular formula is C72H109ClF3N9O19. The lowest BCUT2D eigenvalue weighted by atomic mass is 9.98. The van der Waals surface area contributed by atoms with Crippen LogP contribution in [0.5, 0.6) is 11.5 Å². The van der Waals surface area contributed by atoms with Gasteiger partial charge in [0.2, 0.25) is 11.8 Å². The Bertz CT molecular complexity index is 3080. The molecule has 0 saturated carbocycles. The molecule has 32 heteroatoms. The van der Waals surface area contributed by atoms with Crippen LogP contribution in [0.15, 0.2) is 48.7 Å². The lowest BCUT2D eigenvalue weighted by Gasteiger charge is -2.34. The van der Waals surface area contributed by atoms with Crippen LogP contribution >= 0.6 is 11.6 Å². The van der Waals surface area contributed by atoms with Crippen LogP contribution in [-0.4, -0.2) is 295 Å². The number of para-hydroxylation sites is 2. The molecule has 2 heterocycles. The van der Waals surface area contributed by atoms with Gasteiger partial charge in [-0.15, -0.1) is 0 Å². The number of pyridine rings is 1. The van der Waals surface area contributed by atoms with Crippen LogP contribution < -0.4 is 25.0 Å². The molecular weight excluding hydrogens is 1390 g/mol. The van der Waals surface area contributed by atoms with Gasteiger partial charge in [0.25, 0.3) is 5.91 Å². The van der Waals surface area contributed by atoms with Gasteiger partial charge in [-0.25, -0.2) is 0 Å². The van der Waals surface area contributed by atoms with Gasteiger partial charge in [-0.05, 0) is 93.0 Å². The number of nitrogens with zero attached hydrogens (tertiary/aromatic N) is 7. The normalized spacial score (nSPS) is 14.2. The summed E-state index contributed by atoms with van der Waals surface area (Å²) >= 11 is 6.64. The third kappa shape index (κ3) is 38.4. The first-order chi connectivity index (χ1) is 49.3. The first-order valence-electron chi connectivity index (χ1n) is 34.9. The molecule has 584 valence electrons. The van der Waals surface area contributed by atoms with Crippen molar-refractivity contribution in [2.24, 2.45) is 0 Å². The molecule has 1 aliphatic rings. The smallest absolute Gasteiger partial charge is 0.433 e. The molecule has 4 rings (SSSR count). The van der Waals surface area contributed by atoms with E-state index in [1.165, 1.54) is 31.2 Å². The molecule has 28 nitrogen and oxygen atoms in total. The molecule has 0 bridgehead atoms. The number of ether oxygens (including phenoxy) is 13. The number of hydrogen-bond acceptors (Lipinski definition) is 25. The number of anilines is 1. The number of nitrogens with one attached hydrogen (secondary N) is 2. The van der Waals surface area contributed by atoms with Crippen molar-refractivity contribution in [1.29, 1.82) is 5.26 Å². The molecule has 0 spiro atoms. The summed E-state index contributed by atoms with van der Waals surface area (Å²) in [5, 5.41) is 15.5. The molecule has 0 unspecified atom stereocenters. The lowest BCUT2D eigenvalue weighted by Crippen LogP contribution is -2.50. The number of benzene rings is 2. The average molecular weight is 1500 g/mol. The molecule has 0 atom stereocenters. The Kier molecular flexibility index (Phi) is 41.0. The van der Waals surface area contributed by atoms with Gasteiger partial charge in [-0.3, -0.25) is 53.4 Å². The first kappa shape index (κ1) is 89.5. The van der Waals surface area contributed by atoms with E-state index in [1.54, 1.807) is 30.3 Å². The van der Waals surface area contributed by atoms with Crippen molar-refractivity contribution >= 4 is 52.9 Å². The summed E-state index contributed by atoms with van der Waals surface area (Å²) in [4.78, 5) is 91.8. The Morgan fingerprint density at radius 3 is 1.30 bits per heavy atom. The van der Waals surface area contributed by atoms with Crippen molar-refractivity contribution in [3.63, 3.8) is 0 Å². The largest absolute Gasteiger partial charge is 0.495 e. The fourth-order valence-corrected chi connectivity index (χ4v) is 10.2. The third-order valence-electron chi connectivity index (χ3n) is 14.8. The van der Waals surface area contributed by atoms with Gasteiger partial charge in [0.15, 0.2) is 0 Å². The van der Waals surface area contributed by atoms with E-state index in [9.17, 15) is 47.2 Å². The SMILES string of the molecule is COc1ccccc1N(C)C(=O)c1cc(-c2cnc(C(F)(F)F)cc2C#N)c(Cl)cc1OCCCC(=O)NCCOCCOCCOCCOCCOCCOCCOCCOCCNC(=O)CN1CCN(CC(=O)OC(C)(C)C)CCN(CC(=O)OC(C)(C)C)CCN(CC(=O)OC(C)(C)C)CC1. The first-order valence-corrected chi connectivity index (χ1v) is 35.3. The minimum Gasteiger partial charge on any atom is -0.495 e. The molecule has 1 aliphatic heterocycles. The monoisotopic (exact) mass is 1500 g/mol. The molecule has 1 aromatic heterocycles. The summed E-state index contributed by atoms with van der Waals surface area (Å²) in [5.74, 6) is -1.75. The predicted molar refractivity (Wildman–Crippen MR) is 381 cm³/mol. The Labute approximate surface area is 614 Å². The lowest BCUT2D eigenvalue weighted by molar-refractivity contribution is -0.158. The van der Waals surface area contributed by atoms with E-state index in [2.05, 4.69) is 15.6 Å². The molecule has 0 aliphatic carbocycles. The van der Waals surface area contributed by atoms with Crippen LogP contribution in [0.3, 0.4) is 0 Å². The molecule has 2 N–H and O–H groups in total. The molecule has 0 radical (unpaired) electrons. The zero-order valence-electron chi connectivity index (χ0n) is 62.4. The number of aromatic nitrogens is 1. The van der Waals surface area contributed by atoms with Crippen molar-refractivity contribution in [3.8, 4) is 28.7 Å². The minimum absolute atomic E-state index is 0.0110. The van der Waals surface area contributed by atoms with Crippen molar-refractivity contribution in [2.45, 2.75) is 98.1 Å². The maximum Gasteiger partial charge on any atom is 0.433 e. The highest BCUT2D eigenvalue weighted by Crippen LogP contribution is 2.39. The van der Waals surface area contributed by atoms with E-state index in [0.29, 0.717) is 162 Å². The Hall–Kier alpha value is -6.90. The molecule has 2 aromatic carbocycles.